The van der Waals surface area contributed by atoms with Gasteiger partial charge < -0.3 is 30.6 Å². The predicted octanol–water partition coefficient (Wildman–Crippen LogP) is -1.00. The zero-order chi connectivity index (χ0) is 12.8. The van der Waals surface area contributed by atoms with Crippen LogP contribution in [0.15, 0.2) is 0 Å². The summed E-state index contributed by atoms with van der Waals surface area (Å²) in [6.45, 7) is 0.473. The first-order valence-corrected chi connectivity index (χ1v) is 8.18. The minimum absolute atomic E-state index is 0.00458. The van der Waals surface area contributed by atoms with Crippen molar-refractivity contribution >= 4 is 15.2 Å². The number of nitrogens with two attached hydrogens (primary N) is 1. The van der Waals surface area contributed by atoms with Crippen LogP contribution in [0.5, 0.6) is 0 Å². The Morgan fingerprint density at radius 2 is 1.75 bits per heavy atom. The van der Waals surface area contributed by atoms with Gasteiger partial charge in [-0.15, -0.1) is 0 Å². The van der Waals surface area contributed by atoms with Crippen LogP contribution in [0, 0.1) is 0 Å². The first-order valence-electron chi connectivity index (χ1n) is 4.70. The molecule has 0 fully saturated rings. The van der Waals surface area contributed by atoms with Gasteiger partial charge in [-0.1, -0.05) is 0 Å². The summed E-state index contributed by atoms with van der Waals surface area (Å²) in [6.07, 6.45) is -0.346. The monoisotopic (exact) mass is 276 g/mol. The first kappa shape index (κ1) is 16.2. The summed E-state index contributed by atoms with van der Waals surface area (Å²) in [5, 5.41) is 2.55. The highest BCUT2D eigenvalue weighted by atomic mass is 31.2. The lowest BCUT2D eigenvalue weighted by molar-refractivity contribution is 0.338. The van der Waals surface area contributed by atoms with E-state index in [1.165, 1.54) is 0 Å². The second-order valence-corrected chi connectivity index (χ2v) is 6.96. The summed E-state index contributed by atoms with van der Waals surface area (Å²) in [7, 11) is -8.41. The average Bonchev–Trinajstić information content (AvgIpc) is 2.06. The van der Waals surface area contributed by atoms with Crippen LogP contribution in [0.3, 0.4) is 0 Å². The molecule has 16 heavy (non-hydrogen) atoms. The van der Waals surface area contributed by atoms with Gasteiger partial charge in [-0.25, -0.2) is 0 Å². The van der Waals surface area contributed by atoms with Gasteiger partial charge in [0.15, 0.2) is 0 Å². The molecule has 0 heterocycles. The molecule has 0 aliphatic rings. The van der Waals surface area contributed by atoms with Crippen molar-refractivity contribution in [3.63, 3.8) is 0 Å². The van der Waals surface area contributed by atoms with Crippen LogP contribution in [0.25, 0.3) is 0 Å². The molecule has 0 aromatic carbocycles. The van der Waals surface area contributed by atoms with Crippen LogP contribution >= 0.6 is 15.2 Å². The number of hydrogen-bond donors (Lipinski definition) is 6. The van der Waals surface area contributed by atoms with Gasteiger partial charge in [0.05, 0.1) is 0 Å². The highest BCUT2D eigenvalue weighted by Gasteiger charge is 2.28. The predicted molar refractivity (Wildman–Crippen MR) is 59.0 cm³/mol. The summed E-state index contributed by atoms with van der Waals surface area (Å²) >= 11 is 0. The number of rotatable bonds is 8. The fraction of sp³-hybridized carbons (Fsp3) is 1.00. The lowest BCUT2D eigenvalue weighted by Gasteiger charge is -2.19. The second kappa shape index (κ2) is 6.83. The van der Waals surface area contributed by atoms with Crippen LogP contribution in [-0.4, -0.2) is 44.6 Å². The Hall–Kier alpha value is 0.220. The molecular weight excluding hydrogens is 258 g/mol. The minimum atomic E-state index is -4.31. The molecular formula is C6H18N2O6P2. The van der Waals surface area contributed by atoms with E-state index < -0.39 is 21.0 Å². The third-order valence-corrected chi connectivity index (χ3v) is 4.01. The van der Waals surface area contributed by atoms with Crippen LogP contribution in [-0.2, 0) is 9.13 Å². The molecule has 0 bridgehead atoms. The molecule has 0 aliphatic carbocycles. The van der Waals surface area contributed by atoms with E-state index >= 15 is 0 Å². The molecule has 0 aromatic heterocycles. The van der Waals surface area contributed by atoms with E-state index in [2.05, 4.69) is 5.32 Å². The molecule has 0 spiro atoms. The number of nitrogens with one attached hydrogen (secondary N) is 1. The summed E-state index contributed by atoms with van der Waals surface area (Å²) in [5.41, 5.74) is 5.18. The average molecular weight is 276 g/mol. The molecule has 7 N–H and O–H groups in total. The lowest BCUT2D eigenvalue weighted by atomic mass is 10.3. The Morgan fingerprint density at radius 1 is 1.19 bits per heavy atom. The van der Waals surface area contributed by atoms with E-state index in [1.807, 2.05) is 0 Å². The van der Waals surface area contributed by atoms with E-state index in [0.29, 0.717) is 0 Å². The standard InChI is InChI=1S/C6H18N2O6P2/c7-3-4-8-6(16(12,13)14)2-1-5-15(9,10)11/h6,8H,1-5,7H2,(H2,9,10,11)(H2,12,13,14). The molecule has 0 saturated carbocycles. The fourth-order valence-corrected chi connectivity index (χ4v) is 2.61. The molecule has 0 rings (SSSR count). The molecule has 10 heteroatoms. The molecule has 0 radical (unpaired) electrons. The zero-order valence-corrected chi connectivity index (χ0v) is 10.5. The largest absolute Gasteiger partial charge is 0.342 e. The van der Waals surface area contributed by atoms with Gasteiger partial charge in [0.25, 0.3) is 0 Å². The molecule has 1 atom stereocenters. The smallest absolute Gasteiger partial charge is 0.329 e. The quantitative estimate of drug-likeness (QED) is 0.308. The molecule has 0 amide bonds. The van der Waals surface area contributed by atoms with Gasteiger partial charge >= 0.3 is 15.2 Å². The van der Waals surface area contributed by atoms with Crippen molar-refractivity contribution in [3.8, 4) is 0 Å². The minimum Gasteiger partial charge on any atom is -0.329 e. The van der Waals surface area contributed by atoms with E-state index in [1.54, 1.807) is 0 Å². The van der Waals surface area contributed by atoms with Gasteiger partial charge in [-0.2, -0.15) is 0 Å². The summed E-state index contributed by atoms with van der Waals surface area (Å²) < 4.78 is 21.5. The van der Waals surface area contributed by atoms with Gasteiger partial charge in [0, 0.05) is 19.3 Å². The van der Waals surface area contributed by atoms with E-state index in [-0.39, 0.29) is 32.1 Å². The third kappa shape index (κ3) is 8.38. The van der Waals surface area contributed by atoms with Crippen molar-refractivity contribution in [2.75, 3.05) is 19.3 Å². The Kier molecular flexibility index (Phi) is 6.93. The van der Waals surface area contributed by atoms with Crippen molar-refractivity contribution in [2.45, 2.75) is 18.6 Å². The maximum atomic E-state index is 11.0. The Labute approximate surface area is 93.6 Å². The van der Waals surface area contributed by atoms with Crippen molar-refractivity contribution in [1.29, 1.82) is 0 Å². The molecule has 0 aliphatic heterocycles. The van der Waals surface area contributed by atoms with Crippen molar-refractivity contribution < 1.29 is 28.7 Å². The van der Waals surface area contributed by atoms with Crippen molar-refractivity contribution in [3.05, 3.63) is 0 Å². The van der Waals surface area contributed by atoms with Crippen molar-refractivity contribution in [1.82, 2.24) is 5.32 Å². The lowest BCUT2D eigenvalue weighted by Crippen LogP contribution is -2.33. The van der Waals surface area contributed by atoms with E-state index in [9.17, 15) is 9.13 Å². The van der Waals surface area contributed by atoms with Crippen LogP contribution < -0.4 is 11.1 Å². The Bertz CT molecular complexity index is 287. The van der Waals surface area contributed by atoms with Crippen molar-refractivity contribution in [2.24, 2.45) is 5.73 Å². The zero-order valence-electron chi connectivity index (χ0n) is 8.69. The molecule has 0 aromatic rings. The van der Waals surface area contributed by atoms with Crippen LogP contribution in [0.1, 0.15) is 12.8 Å². The Morgan fingerprint density at radius 3 is 2.12 bits per heavy atom. The SMILES string of the molecule is NCCNC(CCCP(=O)(O)O)P(=O)(O)O. The molecule has 8 nitrogen and oxygen atoms in total. The van der Waals surface area contributed by atoms with E-state index in [0.717, 1.165) is 0 Å². The highest BCUT2D eigenvalue weighted by molar-refractivity contribution is 7.52. The van der Waals surface area contributed by atoms with Gasteiger partial charge in [-0.3, -0.25) is 9.13 Å². The van der Waals surface area contributed by atoms with E-state index in [4.69, 9.17) is 25.3 Å². The fourth-order valence-electron chi connectivity index (χ4n) is 1.13. The Balaban J connectivity index is 4.13. The van der Waals surface area contributed by atoms with Crippen LogP contribution in [0.2, 0.25) is 0 Å². The normalized spacial score (nSPS) is 15.1. The summed E-state index contributed by atoms with van der Waals surface area (Å²) in [5.74, 6) is -1.09. The topological polar surface area (TPSA) is 153 Å². The highest BCUT2D eigenvalue weighted by Crippen LogP contribution is 2.43. The van der Waals surface area contributed by atoms with Gasteiger partial charge in [0.2, 0.25) is 0 Å². The maximum absolute atomic E-state index is 11.0. The van der Waals surface area contributed by atoms with Gasteiger partial charge in [0.1, 0.15) is 5.78 Å². The summed E-state index contributed by atoms with van der Waals surface area (Å²) in [6, 6.07) is 0. The number of hydrogen-bond acceptors (Lipinski definition) is 4. The molecule has 98 valence electrons. The summed E-state index contributed by atoms with van der Waals surface area (Å²) in [4.78, 5) is 35.1. The van der Waals surface area contributed by atoms with Gasteiger partial charge in [-0.05, 0) is 12.8 Å². The molecule has 1 unspecified atom stereocenters. The second-order valence-electron chi connectivity index (χ2n) is 3.38. The van der Waals surface area contributed by atoms with Crippen LogP contribution in [0.4, 0.5) is 0 Å². The third-order valence-electron chi connectivity index (χ3n) is 1.86. The maximum Gasteiger partial charge on any atom is 0.342 e. The first-order chi connectivity index (χ1) is 7.17. The molecule has 0 saturated heterocycles.